The van der Waals surface area contributed by atoms with Crippen molar-refractivity contribution in [3.05, 3.63) is 0 Å². The van der Waals surface area contributed by atoms with Crippen molar-refractivity contribution in [1.82, 2.24) is 15.5 Å². The standard InChI is InChI=1S/C18H29N3O5/c22-16(14-6-7-15(26-14)17(23)24)21-10-8-13(9-11-21)20-18(25)19-12-4-2-1-3-5-12/h12-15H,1-11H2,(H,23,24)(H2,19,20,25)/t14-,15+/m0/s1. The first-order valence-corrected chi connectivity index (χ1v) is 9.77. The van der Waals surface area contributed by atoms with Gasteiger partial charge in [0, 0.05) is 25.2 Å². The molecule has 146 valence electrons. The van der Waals surface area contributed by atoms with Gasteiger partial charge < -0.3 is 25.4 Å². The summed E-state index contributed by atoms with van der Waals surface area (Å²) in [5.74, 6) is -1.13. The predicted octanol–water partition coefficient (Wildman–Crippen LogP) is 1.24. The Hall–Kier alpha value is -1.83. The molecule has 2 heterocycles. The van der Waals surface area contributed by atoms with E-state index in [1.807, 2.05) is 0 Å². The van der Waals surface area contributed by atoms with E-state index in [-0.39, 0.29) is 24.0 Å². The summed E-state index contributed by atoms with van der Waals surface area (Å²) >= 11 is 0. The number of hydrogen-bond donors (Lipinski definition) is 3. The van der Waals surface area contributed by atoms with Crippen LogP contribution >= 0.6 is 0 Å². The Morgan fingerprint density at radius 1 is 0.808 bits per heavy atom. The number of nitrogens with one attached hydrogen (secondary N) is 2. The molecule has 0 aromatic heterocycles. The number of urea groups is 1. The third-order valence-corrected chi connectivity index (χ3v) is 5.65. The third kappa shape index (κ3) is 4.87. The molecule has 1 saturated carbocycles. The molecule has 1 aliphatic carbocycles. The van der Waals surface area contributed by atoms with Crippen molar-refractivity contribution in [2.24, 2.45) is 0 Å². The average molecular weight is 367 g/mol. The van der Waals surface area contributed by atoms with Crippen LogP contribution in [0.25, 0.3) is 0 Å². The van der Waals surface area contributed by atoms with Crippen molar-refractivity contribution >= 4 is 17.9 Å². The van der Waals surface area contributed by atoms with Crippen molar-refractivity contribution in [1.29, 1.82) is 0 Å². The third-order valence-electron chi connectivity index (χ3n) is 5.65. The van der Waals surface area contributed by atoms with Gasteiger partial charge in [-0.05, 0) is 38.5 Å². The van der Waals surface area contributed by atoms with E-state index in [9.17, 15) is 14.4 Å². The zero-order chi connectivity index (χ0) is 18.5. The monoisotopic (exact) mass is 367 g/mol. The maximum absolute atomic E-state index is 12.5. The maximum Gasteiger partial charge on any atom is 0.332 e. The van der Waals surface area contributed by atoms with Gasteiger partial charge in [0.25, 0.3) is 5.91 Å². The summed E-state index contributed by atoms with van der Waals surface area (Å²) < 4.78 is 5.34. The van der Waals surface area contributed by atoms with E-state index in [0.29, 0.717) is 38.8 Å². The number of nitrogens with zero attached hydrogens (tertiary/aromatic N) is 1. The summed E-state index contributed by atoms with van der Waals surface area (Å²) in [7, 11) is 0. The molecule has 3 aliphatic rings. The minimum Gasteiger partial charge on any atom is -0.479 e. The Bertz CT molecular complexity index is 527. The highest BCUT2D eigenvalue weighted by Crippen LogP contribution is 2.23. The fourth-order valence-electron chi connectivity index (χ4n) is 4.11. The summed E-state index contributed by atoms with van der Waals surface area (Å²) in [6.07, 6.45) is 6.46. The normalized spacial score (nSPS) is 27.9. The van der Waals surface area contributed by atoms with Crippen molar-refractivity contribution in [3.63, 3.8) is 0 Å². The van der Waals surface area contributed by atoms with Crippen LogP contribution in [0.2, 0.25) is 0 Å². The lowest BCUT2D eigenvalue weighted by molar-refractivity contribution is -0.155. The molecule has 26 heavy (non-hydrogen) atoms. The van der Waals surface area contributed by atoms with Gasteiger partial charge in [0.05, 0.1) is 0 Å². The largest absolute Gasteiger partial charge is 0.479 e. The number of likely N-dealkylation sites (tertiary alicyclic amines) is 1. The van der Waals surface area contributed by atoms with Crippen LogP contribution in [0.15, 0.2) is 0 Å². The van der Waals surface area contributed by atoms with Crippen LogP contribution in [0, 0.1) is 0 Å². The number of ether oxygens (including phenoxy) is 1. The minimum absolute atomic E-state index is 0.0684. The van der Waals surface area contributed by atoms with E-state index in [0.717, 1.165) is 12.8 Å². The number of rotatable bonds is 4. The van der Waals surface area contributed by atoms with Gasteiger partial charge in [-0.2, -0.15) is 0 Å². The lowest BCUT2D eigenvalue weighted by atomic mass is 9.96. The Labute approximate surface area is 153 Å². The molecule has 0 bridgehead atoms. The smallest absolute Gasteiger partial charge is 0.332 e. The lowest BCUT2D eigenvalue weighted by Crippen LogP contribution is -2.52. The van der Waals surface area contributed by atoms with E-state index in [2.05, 4.69) is 10.6 Å². The predicted molar refractivity (Wildman–Crippen MR) is 93.7 cm³/mol. The van der Waals surface area contributed by atoms with E-state index in [4.69, 9.17) is 9.84 Å². The SMILES string of the molecule is O=C(NC1CCCCC1)NC1CCN(C(=O)[C@@H]2CC[C@H](C(=O)O)O2)CC1. The quantitative estimate of drug-likeness (QED) is 0.693. The van der Waals surface area contributed by atoms with E-state index in [1.165, 1.54) is 19.3 Å². The van der Waals surface area contributed by atoms with Crippen molar-refractivity contribution < 1.29 is 24.2 Å². The van der Waals surface area contributed by atoms with Crippen LogP contribution in [-0.4, -0.2) is 65.3 Å². The number of carbonyl (C=O) groups is 3. The number of carboxylic acids is 1. The molecular formula is C18H29N3O5. The first kappa shape index (κ1) is 18.9. The second-order valence-corrected chi connectivity index (χ2v) is 7.58. The molecule has 3 fully saturated rings. The van der Waals surface area contributed by atoms with Gasteiger partial charge in [0.2, 0.25) is 0 Å². The highest BCUT2D eigenvalue weighted by molar-refractivity contribution is 5.83. The van der Waals surface area contributed by atoms with Crippen molar-refractivity contribution in [2.45, 2.75) is 82.1 Å². The average Bonchev–Trinajstić information content (AvgIpc) is 3.13. The zero-order valence-electron chi connectivity index (χ0n) is 15.1. The van der Waals surface area contributed by atoms with E-state index in [1.54, 1.807) is 4.90 Å². The summed E-state index contributed by atoms with van der Waals surface area (Å²) in [6.45, 7) is 1.12. The Morgan fingerprint density at radius 2 is 1.38 bits per heavy atom. The van der Waals surface area contributed by atoms with Gasteiger partial charge in [-0.15, -0.1) is 0 Å². The van der Waals surface area contributed by atoms with Crippen LogP contribution in [0.5, 0.6) is 0 Å². The topological polar surface area (TPSA) is 108 Å². The van der Waals surface area contributed by atoms with Crippen LogP contribution in [0.3, 0.4) is 0 Å². The van der Waals surface area contributed by atoms with Gasteiger partial charge in [-0.25, -0.2) is 9.59 Å². The molecule has 2 aliphatic heterocycles. The van der Waals surface area contributed by atoms with Gasteiger partial charge in [-0.1, -0.05) is 19.3 Å². The second-order valence-electron chi connectivity index (χ2n) is 7.58. The number of hydrogen-bond acceptors (Lipinski definition) is 4. The number of carboxylic acid groups (broad SMARTS) is 1. The summed E-state index contributed by atoms with van der Waals surface area (Å²) in [5.41, 5.74) is 0. The molecule has 3 rings (SSSR count). The Balaban J connectivity index is 1.38. The van der Waals surface area contributed by atoms with Crippen LogP contribution in [-0.2, 0) is 14.3 Å². The van der Waals surface area contributed by atoms with Crippen molar-refractivity contribution in [2.75, 3.05) is 13.1 Å². The van der Waals surface area contributed by atoms with Gasteiger partial charge >= 0.3 is 12.0 Å². The Morgan fingerprint density at radius 3 is 1.96 bits per heavy atom. The Kier molecular flexibility index (Phi) is 6.34. The molecule has 8 heteroatoms. The number of carbonyl (C=O) groups excluding carboxylic acids is 2. The molecule has 2 atom stereocenters. The molecule has 0 spiro atoms. The zero-order valence-corrected chi connectivity index (χ0v) is 15.1. The van der Waals surface area contributed by atoms with Crippen molar-refractivity contribution in [3.8, 4) is 0 Å². The van der Waals surface area contributed by atoms with Crippen LogP contribution < -0.4 is 10.6 Å². The van der Waals surface area contributed by atoms with E-state index < -0.39 is 18.2 Å². The van der Waals surface area contributed by atoms with Gasteiger partial charge in [0.1, 0.15) is 6.10 Å². The maximum atomic E-state index is 12.5. The second kappa shape index (κ2) is 8.70. The molecule has 8 nitrogen and oxygen atoms in total. The molecule has 0 aromatic carbocycles. The molecule has 0 aromatic rings. The molecule has 3 amide bonds. The molecule has 2 saturated heterocycles. The summed E-state index contributed by atoms with van der Waals surface area (Å²) in [4.78, 5) is 37.3. The molecule has 0 radical (unpaired) electrons. The first-order valence-electron chi connectivity index (χ1n) is 9.77. The number of amides is 3. The molecule has 3 N–H and O–H groups in total. The molecular weight excluding hydrogens is 338 g/mol. The summed E-state index contributed by atoms with van der Waals surface area (Å²) in [5, 5.41) is 15.0. The minimum atomic E-state index is -1.01. The fraction of sp³-hybridized carbons (Fsp3) is 0.833. The first-order chi connectivity index (χ1) is 12.5. The van der Waals surface area contributed by atoms with E-state index >= 15 is 0 Å². The van der Waals surface area contributed by atoms with Crippen LogP contribution in [0.4, 0.5) is 4.79 Å². The summed E-state index contributed by atoms with van der Waals surface area (Å²) in [6, 6.07) is 0.246. The van der Waals surface area contributed by atoms with Gasteiger partial charge in [0.15, 0.2) is 6.10 Å². The highest BCUT2D eigenvalue weighted by Gasteiger charge is 2.37. The van der Waals surface area contributed by atoms with Crippen LogP contribution in [0.1, 0.15) is 57.8 Å². The number of aliphatic carboxylic acids is 1. The highest BCUT2D eigenvalue weighted by atomic mass is 16.5. The molecule has 0 unspecified atom stereocenters. The lowest BCUT2D eigenvalue weighted by Gasteiger charge is -2.34. The fourth-order valence-corrected chi connectivity index (χ4v) is 4.11. The van der Waals surface area contributed by atoms with Gasteiger partial charge in [-0.3, -0.25) is 4.79 Å². The number of piperidine rings is 1.